The van der Waals surface area contributed by atoms with Gasteiger partial charge in [0.15, 0.2) is 5.52 Å². The Kier molecular flexibility index (Phi) is 1.28. The van der Waals surface area contributed by atoms with Gasteiger partial charge in [0.25, 0.3) is 5.56 Å². The van der Waals surface area contributed by atoms with Gasteiger partial charge in [-0.1, -0.05) is 0 Å². The predicted molar refractivity (Wildman–Crippen MR) is 42.2 cm³/mol. The normalized spacial score (nSPS) is 10.6. The molecule has 0 bridgehead atoms. The molecule has 6 heteroatoms. The SMILES string of the molecule is O=c1[nH]cnc2c(Br)[nH]nc12. The molecule has 2 N–H and O–H groups in total. The highest BCUT2D eigenvalue weighted by molar-refractivity contribution is 9.10. The van der Waals surface area contributed by atoms with Gasteiger partial charge in [-0.25, -0.2) is 4.98 Å². The molecule has 0 spiro atoms. The van der Waals surface area contributed by atoms with E-state index in [0.29, 0.717) is 15.6 Å². The van der Waals surface area contributed by atoms with Crippen LogP contribution in [0.2, 0.25) is 0 Å². The first kappa shape index (κ1) is 6.53. The summed E-state index contributed by atoms with van der Waals surface area (Å²) in [5, 5.41) is 6.34. The van der Waals surface area contributed by atoms with Gasteiger partial charge in [0.1, 0.15) is 10.1 Å². The Morgan fingerprint density at radius 3 is 3.00 bits per heavy atom. The second-order valence-corrected chi connectivity index (χ2v) is 2.76. The van der Waals surface area contributed by atoms with Crippen molar-refractivity contribution >= 4 is 27.0 Å². The minimum Gasteiger partial charge on any atom is -0.311 e. The van der Waals surface area contributed by atoms with Crippen LogP contribution in [0.15, 0.2) is 15.7 Å². The molecule has 0 saturated carbocycles. The van der Waals surface area contributed by atoms with E-state index in [2.05, 4.69) is 36.1 Å². The quantitative estimate of drug-likeness (QED) is 0.668. The first-order valence-electron chi connectivity index (χ1n) is 2.86. The summed E-state index contributed by atoms with van der Waals surface area (Å²) in [6, 6.07) is 0. The molecule has 56 valence electrons. The summed E-state index contributed by atoms with van der Waals surface area (Å²) in [5.41, 5.74) is 0.630. The van der Waals surface area contributed by atoms with E-state index in [4.69, 9.17) is 0 Å². The maximum Gasteiger partial charge on any atom is 0.279 e. The van der Waals surface area contributed by atoms with Gasteiger partial charge in [-0.3, -0.25) is 9.89 Å². The summed E-state index contributed by atoms with van der Waals surface area (Å²) < 4.78 is 0.624. The monoisotopic (exact) mass is 214 g/mol. The second kappa shape index (κ2) is 2.16. The van der Waals surface area contributed by atoms with Crippen molar-refractivity contribution in [2.75, 3.05) is 0 Å². The van der Waals surface area contributed by atoms with Gasteiger partial charge >= 0.3 is 0 Å². The van der Waals surface area contributed by atoms with Gasteiger partial charge in [-0.2, -0.15) is 5.10 Å². The number of rotatable bonds is 0. The number of nitrogens with zero attached hydrogens (tertiary/aromatic N) is 2. The summed E-state index contributed by atoms with van der Waals surface area (Å²) in [7, 11) is 0. The molecule has 2 aromatic heterocycles. The van der Waals surface area contributed by atoms with Crippen LogP contribution in [0.3, 0.4) is 0 Å². The fraction of sp³-hybridized carbons (Fsp3) is 0. The summed E-state index contributed by atoms with van der Waals surface area (Å²) in [5.74, 6) is 0. The Hall–Kier alpha value is -1.17. The number of nitrogens with one attached hydrogen (secondary N) is 2. The highest BCUT2D eigenvalue weighted by Gasteiger charge is 2.05. The summed E-state index contributed by atoms with van der Waals surface area (Å²) in [4.78, 5) is 17.3. The zero-order chi connectivity index (χ0) is 7.84. The van der Waals surface area contributed by atoms with Crippen molar-refractivity contribution in [1.82, 2.24) is 20.2 Å². The van der Waals surface area contributed by atoms with E-state index in [0.717, 1.165) is 0 Å². The highest BCUT2D eigenvalue weighted by atomic mass is 79.9. The van der Waals surface area contributed by atoms with Gasteiger partial charge in [-0.05, 0) is 15.9 Å². The fourth-order valence-electron chi connectivity index (χ4n) is 0.815. The van der Waals surface area contributed by atoms with Crippen LogP contribution in [-0.2, 0) is 0 Å². The molecule has 0 amide bonds. The molecule has 0 radical (unpaired) electrons. The van der Waals surface area contributed by atoms with E-state index >= 15 is 0 Å². The van der Waals surface area contributed by atoms with Crippen molar-refractivity contribution in [2.24, 2.45) is 0 Å². The van der Waals surface area contributed by atoms with E-state index < -0.39 is 0 Å². The molecule has 2 rings (SSSR count). The van der Waals surface area contributed by atoms with Crippen LogP contribution in [0.4, 0.5) is 0 Å². The summed E-state index contributed by atoms with van der Waals surface area (Å²) >= 11 is 3.17. The third-order valence-corrected chi connectivity index (χ3v) is 1.86. The zero-order valence-corrected chi connectivity index (χ0v) is 6.84. The Balaban J connectivity index is 3.06. The number of aromatic nitrogens is 4. The van der Waals surface area contributed by atoms with E-state index in [1.807, 2.05) is 0 Å². The maximum atomic E-state index is 11.0. The first-order chi connectivity index (χ1) is 5.29. The molecule has 0 aliphatic carbocycles. The average Bonchev–Trinajstić information content (AvgIpc) is 2.35. The van der Waals surface area contributed by atoms with Crippen LogP contribution in [0.25, 0.3) is 11.0 Å². The largest absolute Gasteiger partial charge is 0.311 e. The average molecular weight is 215 g/mol. The van der Waals surface area contributed by atoms with Crippen molar-refractivity contribution < 1.29 is 0 Å². The van der Waals surface area contributed by atoms with E-state index in [1.165, 1.54) is 6.33 Å². The maximum absolute atomic E-state index is 11.0. The molecule has 2 heterocycles. The van der Waals surface area contributed by atoms with Crippen LogP contribution < -0.4 is 5.56 Å². The Labute approximate surface area is 69.0 Å². The fourth-order valence-corrected chi connectivity index (χ4v) is 1.19. The number of hydrogen-bond donors (Lipinski definition) is 2. The molecule has 5 nitrogen and oxygen atoms in total. The number of aromatic amines is 2. The topological polar surface area (TPSA) is 74.4 Å². The van der Waals surface area contributed by atoms with Crippen molar-refractivity contribution in [2.45, 2.75) is 0 Å². The number of H-pyrrole nitrogens is 2. The minimum absolute atomic E-state index is 0.239. The number of fused-ring (bicyclic) bond motifs is 1. The van der Waals surface area contributed by atoms with Gasteiger partial charge in [0.05, 0.1) is 6.33 Å². The van der Waals surface area contributed by atoms with E-state index in [-0.39, 0.29) is 5.56 Å². The van der Waals surface area contributed by atoms with Crippen molar-refractivity contribution in [3.63, 3.8) is 0 Å². The number of halogens is 1. The van der Waals surface area contributed by atoms with Crippen LogP contribution >= 0.6 is 15.9 Å². The summed E-state index contributed by atoms with van der Waals surface area (Å²) in [6.07, 6.45) is 1.34. The molecule has 0 atom stereocenters. The third-order valence-electron chi connectivity index (χ3n) is 1.30. The second-order valence-electron chi connectivity index (χ2n) is 1.97. The lowest BCUT2D eigenvalue weighted by Gasteiger charge is -1.83. The molecule has 0 saturated heterocycles. The van der Waals surface area contributed by atoms with Gasteiger partial charge in [0.2, 0.25) is 0 Å². The van der Waals surface area contributed by atoms with Gasteiger partial charge in [-0.15, -0.1) is 0 Å². The predicted octanol–water partition coefficient (Wildman–Crippen LogP) is 0.409. The molecular weight excluding hydrogens is 212 g/mol. The Bertz CT molecular complexity index is 445. The summed E-state index contributed by atoms with van der Waals surface area (Å²) in [6.45, 7) is 0. The third kappa shape index (κ3) is 0.864. The zero-order valence-electron chi connectivity index (χ0n) is 5.26. The van der Waals surface area contributed by atoms with Crippen molar-refractivity contribution in [1.29, 1.82) is 0 Å². The number of hydrogen-bond acceptors (Lipinski definition) is 3. The van der Waals surface area contributed by atoms with Crippen molar-refractivity contribution in [3.8, 4) is 0 Å². The lowest BCUT2D eigenvalue weighted by molar-refractivity contribution is 1.08. The molecule has 2 aromatic rings. The molecule has 0 aliphatic heterocycles. The van der Waals surface area contributed by atoms with Crippen molar-refractivity contribution in [3.05, 3.63) is 21.3 Å². The molecular formula is C5H3BrN4O. The smallest absolute Gasteiger partial charge is 0.279 e. The first-order valence-corrected chi connectivity index (χ1v) is 3.65. The molecule has 0 unspecified atom stereocenters. The van der Waals surface area contributed by atoms with Crippen LogP contribution in [0.1, 0.15) is 0 Å². The highest BCUT2D eigenvalue weighted by Crippen LogP contribution is 2.13. The van der Waals surface area contributed by atoms with Crippen LogP contribution in [0, 0.1) is 0 Å². The van der Waals surface area contributed by atoms with Gasteiger partial charge < -0.3 is 4.98 Å². The molecule has 0 fully saturated rings. The standard InChI is InChI=1S/C5H3BrN4O/c6-4-2-3(9-10-4)5(11)8-1-7-2/h1H,(H,9,10)(H,7,8,11). The molecule has 11 heavy (non-hydrogen) atoms. The Morgan fingerprint density at radius 1 is 1.45 bits per heavy atom. The van der Waals surface area contributed by atoms with Crippen LogP contribution in [0.5, 0.6) is 0 Å². The lowest BCUT2D eigenvalue weighted by atomic mass is 10.5. The van der Waals surface area contributed by atoms with Crippen LogP contribution in [-0.4, -0.2) is 20.2 Å². The van der Waals surface area contributed by atoms with E-state index in [9.17, 15) is 4.79 Å². The van der Waals surface area contributed by atoms with E-state index in [1.54, 1.807) is 0 Å². The molecule has 0 aromatic carbocycles. The Morgan fingerprint density at radius 2 is 2.27 bits per heavy atom. The molecule has 0 aliphatic rings. The van der Waals surface area contributed by atoms with Gasteiger partial charge in [0, 0.05) is 0 Å². The lowest BCUT2D eigenvalue weighted by Crippen LogP contribution is -2.05. The minimum atomic E-state index is -0.239.